The monoisotopic (exact) mass is 375 g/mol. The molecule has 1 aromatic rings. The summed E-state index contributed by atoms with van der Waals surface area (Å²) in [5.74, 6) is -0.132. The molecule has 9 heteroatoms. The van der Waals surface area contributed by atoms with Gasteiger partial charge in [-0.05, 0) is 18.8 Å². The Kier molecular flexibility index (Phi) is 4.41. The predicted octanol–water partition coefficient (Wildman–Crippen LogP) is 0.665. The molecule has 3 aliphatic rings. The Morgan fingerprint density at radius 1 is 1.30 bits per heavy atom. The van der Waals surface area contributed by atoms with Gasteiger partial charge in [0.25, 0.3) is 11.8 Å². The number of carbonyl (C=O) groups is 3. The maximum Gasteiger partial charge on any atom is 0.325 e. The van der Waals surface area contributed by atoms with Gasteiger partial charge < -0.3 is 14.5 Å². The molecule has 0 aliphatic carbocycles. The molecule has 2 saturated heterocycles. The van der Waals surface area contributed by atoms with Crippen molar-refractivity contribution >= 4 is 17.8 Å². The van der Waals surface area contributed by atoms with Crippen LogP contribution < -0.4 is 5.32 Å². The first-order chi connectivity index (χ1) is 12.9. The summed E-state index contributed by atoms with van der Waals surface area (Å²) in [7, 11) is 0. The van der Waals surface area contributed by atoms with Gasteiger partial charge >= 0.3 is 6.03 Å². The number of H-pyrrole nitrogens is 1. The minimum Gasteiger partial charge on any atom is -0.376 e. The standard InChI is InChI=1S/C18H25N5O4/c1-11(2)9-23-17(26)19-16(25)18(23)4-6-22(7-5-18)15(24)14-12-10-27-8-3-13(12)20-21-14/h11H,3-10H2,1-2H3,(H,20,21)(H,19,25,26). The highest BCUT2D eigenvalue weighted by Crippen LogP contribution is 2.34. The third-order valence-electron chi connectivity index (χ3n) is 5.73. The second-order valence-corrected chi connectivity index (χ2v) is 7.92. The Morgan fingerprint density at radius 3 is 2.74 bits per heavy atom. The van der Waals surface area contributed by atoms with Crippen LogP contribution in [-0.4, -0.2) is 69.6 Å². The van der Waals surface area contributed by atoms with Crippen LogP contribution in [0.15, 0.2) is 0 Å². The Morgan fingerprint density at radius 2 is 2.04 bits per heavy atom. The lowest BCUT2D eigenvalue weighted by Gasteiger charge is -2.42. The van der Waals surface area contributed by atoms with Crippen molar-refractivity contribution in [3.63, 3.8) is 0 Å². The number of ether oxygens (including phenoxy) is 1. The number of imide groups is 1. The normalized spacial score (nSPS) is 21.7. The zero-order valence-electron chi connectivity index (χ0n) is 15.7. The summed E-state index contributed by atoms with van der Waals surface area (Å²) in [6.45, 7) is 6.41. The first kappa shape index (κ1) is 18.0. The molecule has 146 valence electrons. The van der Waals surface area contributed by atoms with Gasteiger partial charge in [0.2, 0.25) is 0 Å². The van der Waals surface area contributed by atoms with E-state index in [1.807, 2.05) is 13.8 Å². The van der Waals surface area contributed by atoms with E-state index >= 15 is 0 Å². The predicted molar refractivity (Wildman–Crippen MR) is 94.9 cm³/mol. The summed E-state index contributed by atoms with van der Waals surface area (Å²) >= 11 is 0. The third-order valence-corrected chi connectivity index (χ3v) is 5.73. The van der Waals surface area contributed by atoms with E-state index in [-0.39, 0.29) is 23.8 Å². The van der Waals surface area contributed by atoms with Gasteiger partial charge in [-0.25, -0.2) is 4.79 Å². The van der Waals surface area contributed by atoms with Crippen LogP contribution in [0.3, 0.4) is 0 Å². The number of carbonyl (C=O) groups excluding carboxylic acids is 3. The van der Waals surface area contributed by atoms with E-state index in [4.69, 9.17) is 4.74 Å². The Bertz CT molecular complexity index is 779. The molecule has 4 amide bonds. The number of nitrogens with zero attached hydrogens (tertiary/aromatic N) is 3. The van der Waals surface area contributed by atoms with Crippen LogP contribution in [0.25, 0.3) is 0 Å². The van der Waals surface area contributed by atoms with Crippen molar-refractivity contribution in [2.24, 2.45) is 5.92 Å². The molecule has 0 aromatic carbocycles. The second kappa shape index (κ2) is 6.63. The molecule has 0 bridgehead atoms. The Labute approximate surface area is 157 Å². The van der Waals surface area contributed by atoms with Crippen molar-refractivity contribution in [2.75, 3.05) is 26.2 Å². The number of aromatic nitrogens is 2. The molecule has 0 unspecified atom stereocenters. The molecule has 3 aliphatic heterocycles. The molecule has 0 radical (unpaired) electrons. The molecule has 0 saturated carbocycles. The van der Waals surface area contributed by atoms with Gasteiger partial charge in [-0.1, -0.05) is 13.8 Å². The average Bonchev–Trinajstić information content (AvgIpc) is 3.17. The van der Waals surface area contributed by atoms with Gasteiger partial charge in [0.05, 0.1) is 13.2 Å². The SMILES string of the molecule is CC(C)CN1C(=O)NC(=O)C12CCN(C(=O)c1n[nH]c3c1COCC3)CC2. The first-order valence-electron chi connectivity index (χ1n) is 9.48. The van der Waals surface area contributed by atoms with Gasteiger partial charge in [0, 0.05) is 37.3 Å². The van der Waals surface area contributed by atoms with Crippen molar-refractivity contribution in [2.45, 2.75) is 45.3 Å². The van der Waals surface area contributed by atoms with Crippen molar-refractivity contribution < 1.29 is 19.1 Å². The van der Waals surface area contributed by atoms with Crippen LogP contribution in [0.2, 0.25) is 0 Å². The summed E-state index contributed by atoms with van der Waals surface area (Å²) in [6, 6.07) is -0.327. The zero-order chi connectivity index (χ0) is 19.2. The minimum absolute atomic E-state index is 0.145. The number of aromatic amines is 1. The van der Waals surface area contributed by atoms with E-state index in [1.165, 1.54) is 0 Å². The maximum atomic E-state index is 12.9. The number of piperidine rings is 1. The summed E-state index contributed by atoms with van der Waals surface area (Å²) in [5, 5.41) is 9.60. The fourth-order valence-corrected chi connectivity index (χ4v) is 4.24. The van der Waals surface area contributed by atoms with Crippen LogP contribution in [0.1, 0.15) is 48.4 Å². The molecule has 2 fully saturated rings. The quantitative estimate of drug-likeness (QED) is 0.755. The highest BCUT2D eigenvalue weighted by molar-refractivity contribution is 6.07. The van der Waals surface area contributed by atoms with Gasteiger partial charge in [-0.3, -0.25) is 20.0 Å². The van der Waals surface area contributed by atoms with E-state index in [9.17, 15) is 14.4 Å². The van der Waals surface area contributed by atoms with Crippen LogP contribution in [0, 0.1) is 5.92 Å². The van der Waals surface area contributed by atoms with Crippen LogP contribution >= 0.6 is 0 Å². The minimum atomic E-state index is -0.841. The van der Waals surface area contributed by atoms with Gasteiger partial charge in [0.15, 0.2) is 5.69 Å². The van der Waals surface area contributed by atoms with E-state index < -0.39 is 5.54 Å². The van der Waals surface area contributed by atoms with Crippen molar-refractivity contribution in [3.05, 3.63) is 17.0 Å². The van der Waals surface area contributed by atoms with E-state index in [1.54, 1.807) is 9.80 Å². The number of likely N-dealkylation sites (tertiary alicyclic amines) is 1. The fraction of sp³-hybridized carbons (Fsp3) is 0.667. The zero-order valence-corrected chi connectivity index (χ0v) is 15.7. The molecule has 0 atom stereocenters. The number of fused-ring (bicyclic) bond motifs is 1. The number of nitrogens with one attached hydrogen (secondary N) is 2. The lowest BCUT2D eigenvalue weighted by atomic mass is 9.85. The molecule has 2 N–H and O–H groups in total. The molecule has 4 rings (SSSR count). The Balaban J connectivity index is 1.50. The molecule has 1 aromatic heterocycles. The average molecular weight is 375 g/mol. The summed E-state index contributed by atoms with van der Waals surface area (Å²) in [6.07, 6.45) is 1.60. The van der Waals surface area contributed by atoms with Crippen LogP contribution in [0.4, 0.5) is 4.79 Å². The fourth-order valence-electron chi connectivity index (χ4n) is 4.24. The number of hydrogen-bond donors (Lipinski definition) is 2. The Hall–Kier alpha value is -2.42. The molecule has 1 spiro atoms. The number of hydrogen-bond acceptors (Lipinski definition) is 5. The second-order valence-electron chi connectivity index (χ2n) is 7.92. The molecule has 9 nitrogen and oxygen atoms in total. The van der Waals surface area contributed by atoms with Crippen LogP contribution in [-0.2, 0) is 22.6 Å². The largest absolute Gasteiger partial charge is 0.376 e. The van der Waals surface area contributed by atoms with Crippen molar-refractivity contribution in [1.82, 2.24) is 25.3 Å². The van der Waals surface area contributed by atoms with Gasteiger partial charge in [0.1, 0.15) is 5.54 Å². The topological polar surface area (TPSA) is 108 Å². The van der Waals surface area contributed by atoms with E-state index in [0.717, 1.165) is 17.7 Å². The smallest absolute Gasteiger partial charge is 0.325 e. The van der Waals surface area contributed by atoms with Gasteiger partial charge in [-0.15, -0.1) is 0 Å². The summed E-state index contributed by atoms with van der Waals surface area (Å²) < 4.78 is 5.46. The molecular weight excluding hydrogens is 350 g/mol. The van der Waals surface area contributed by atoms with E-state index in [2.05, 4.69) is 15.5 Å². The van der Waals surface area contributed by atoms with Crippen molar-refractivity contribution in [3.8, 4) is 0 Å². The third kappa shape index (κ3) is 2.90. The molecule has 4 heterocycles. The summed E-state index contributed by atoms with van der Waals surface area (Å²) in [4.78, 5) is 41.1. The lowest BCUT2D eigenvalue weighted by molar-refractivity contribution is -0.129. The van der Waals surface area contributed by atoms with Crippen LogP contribution in [0.5, 0.6) is 0 Å². The summed E-state index contributed by atoms with van der Waals surface area (Å²) in [5.41, 5.74) is 1.36. The lowest BCUT2D eigenvalue weighted by Crippen LogP contribution is -2.58. The number of amides is 4. The maximum absolute atomic E-state index is 12.9. The highest BCUT2D eigenvalue weighted by Gasteiger charge is 2.54. The highest BCUT2D eigenvalue weighted by atomic mass is 16.5. The first-order valence-corrected chi connectivity index (χ1v) is 9.48. The molecular formula is C18H25N5O4. The van der Waals surface area contributed by atoms with E-state index in [0.29, 0.717) is 51.4 Å². The number of urea groups is 1. The number of rotatable bonds is 3. The van der Waals surface area contributed by atoms with Gasteiger partial charge in [-0.2, -0.15) is 5.10 Å². The van der Waals surface area contributed by atoms with Crippen molar-refractivity contribution in [1.29, 1.82) is 0 Å². The molecule has 27 heavy (non-hydrogen) atoms.